The molecule has 4 heteroatoms. The second-order valence-electron chi connectivity index (χ2n) is 2.22. The van der Waals surface area contributed by atoms with E-state index in [1.54, 1.807) is 19.2 Å². The molecule has 2 nitrogen and oxygen atoms in total. The van der Waals surface area contributed by atoms with Crippen molar-refractivity contribution < 1.29 is 5.11 Å². The van der Waals surface area contributed by atoms with E-state index in [4.69, 9.17) is 16.7 Å². The van der Waals surface area contributed by atoms with Gasteiger partial charge in [0, 0.05) is 6.20 Å². The van der Waals surface area contributed by atoms with E-state index in [9.17, 15) is 0 Å². The Morgan fingerprint density at radius 3 is 2.82 bits per heavy atom. The second-order valence-corrected chi connectivity index (χ2v) is 3.43. The average Bonchev–Trinajstić information content (AvgIpc) is 1.94. The van der Waals surface area contributed by atoms with E-state index in [0.717, 1.165) is 5.56 Å². The standard InChI is InChI=1S/C7H7BrClNO/c1-4(11)5-2-6(8)7(9)10-3-5/h2-4,11H,1H3. The summed E-state index contributed by atoms with van der Waals surface area (Å²) in [6, 6.07) is 1.75. The van der Waals surface area contributed by atoms with Crippen LogP contribution in [0.15, 0.2) is 16.7 Å². The van der Waals surface area contributed by atoms with Crippen molar-refractivity contribution in [1.29, 1.82) is 0 Å². The summed E-state index contributed by atoms with van der Waals surface area (Å²) in [5, 5.41) is 9.55. The zero-order chi connectivity index (χ0) is 8.43. The summed E-state index contributed by atoms with van der Waals surface area (Å²) >= 11 is 8.85. The number of aliphatic hydroxyl groups excluding tert-OH is 1. The van der Waals surface area contributed by atoms with Crippen LogP contribution < -0.4 is 0 Å². The zero-order valence-corrected chi connectivity index (χ0v) is 8.22. The fourth-order valence-electron chi connectivity index (χ4n) is 0.664. The Morgan fingerprint density at radius 1 is 1.73 bits per heavy atom. The maximum absolute atomic E-state index is 9.14. The monoisotopic (exact) mass is 235 g/mol. The fourth-order valence-corrected chi connectivity index (χ4v) is 1.13. The van der Waals surface area contributed by atoms with Gasteiger partial charge >= 0.3 is 0 Å². The highest BCUT2D eigenvalue weighted by molar-refractivity contribution is 9.10. The van der Waals surface area contributed by atoms with Crippen LogP contribution in [0.1, 0.15) is 18.6 Å². The van der Waals surface area contributed by atoms with Crippen molar-refractivity contribution in [3.8, 4) is 0 Å². The van der Waals surface area contributed by atoms with Crippen LogP contribution >= 0.6 is 27.5 Å². The van der Waals surface area contributed by atoms with Crippen molar-refractivity contribution in [3.05, 3.63) is 27.5 Å². The molecule has 0 aromatic carbocycles. The third kappa shape index (κ3) is 2.15. The van der Waals surface area contributed by atoms with Crippen LogP contribution in [0.4, 0.5) is 0 Å². The van der Waals surface area contributed by atoms with Gasteiger partial charge < -0.3 is 5.11 Å². The summed E-state index contributed by atoms with van der Waals surface area (Å²) in [5.41, 5.74) is 0.751. The predicted molar refractivity (Wildman–Crippen MR) is 47.6 cm³/mol. The predicted octanol–water partition coefficient (Wildman–Crippen LogP) is 2.55. The second kappa shape index (κ2) is 3.52. The third-order valence-corrected chi connectivity index (χ3v) is 2.43. The van der Waals surface area contributed by atoms with Gasteiger partial charge in [-0.3, -0.25) is 0 Å². The molecule has 0 aliphatic rings. The molecule has 1 aromatic heterocycles. The molecule has 1 atom stereocenters. The Bertz CT molecular complexity index is 265. The van der Waals surface area contributed by atoms with Crippen LogP contribution in [0, 0.1) is 0 Å². The van der Waals surface area contributed by atoms with Crippen LogP contribution in [-0.4, -0.2) is 10.1 Å². The van der Waals surface area contributed by atoms with E-state index >= 15 is 0 Å². The number of rotatable bonds is 1. The first-order valence-electron chi connectivity index (χ1n) is 3.10. The summed E-state index contributed by atoms with van der Waals surface area (Å²) in [6.07, 6.45) is 1.05. The number of hydrogen-bond acceptors (Lipinski definition) is 2. The Labute approximate surface area is 78.3 Å². The quantitative estimate of drug-likeness (QED) is 0.760. The summed E-state index contributed by atoms with van der Waals surface area (Å²) < 4.78 is 0.706. The topological polar surface area (TPSA) is 33.1 Å². The van der Waals surface area contributed by atoms with Gasteiger partial charge in [0.2, 0.25) is 0 Å². The van der Waals surface area contributed by atoms with E-state index in [1.165, 1.54) is 0 Å². The summed E-state index contributed by atoms with van der Waals surface area (Å²) in [5.74, 6) is 0. The minimum atomic E-state index is -0.504. The maximum atomic E-state index is 9.14. The van der Waals surface area contributed by atoms with E-state index in [-0.39, 0.29) is 0 Å². The lowest BCUT2D eigenvalue weighted by Crippen LogP contribution is -1.92. The summed E-state index contributed by atoms with van der Waals surface area (Å²) in [7, 11) is 0. The molecule has 1 heterocycles. The van der Waals surface area contributed by atoms with Gasteiger partial charge in [-0.15, -0.1) is 0 Å². The van der Waals surface area contributed by atoms with Gasteiger partial charge in [-0.1, -0.05) is 11.6 Å². The van der Waals surface area contributed by atoms with Gasteiger partial charge in [-0.25, -0.2) is 4.98 Å². The first kappa shape index (κ1) is 8.97. The Hall–Kier alpha value is -0.120. The van der Waals surface area contributed by atoms with Crippen LogP contribution in [-0.2, 0) is 0 Å². The molecule has 1 rings (SSSR count). The van der Waals surface area contributed by atoms with Gasteiger partial charge in [-0.2, -0.15) is 0 Å². The van der Waals surface area contributed by atoms with Gasteiger partial charge in [0.05, 0.1) is 10.6 Å². The molecule has 0 aliphatic heterocycles. The van der Waals surface area contributed by atoms with E-state index in [0.29, 0.717) is 9.63 Å². The van der Waals surface area contributed by atoms with Crippen LogP contribution in [0.2, 0.25) is 5.15 Å². The van der Waals surface area contributed by atoms with Gasteiger partial charge in [0.25, 0.3) is 0 Å². The molecule has 1 N–H and O–H groups in total. The minimum absolute atomic E-state index is 0.411. The molecule has 0 spiro atoms. The minimum Gasteiger partial charge on any atom is -0.389 e. The highest BCUT2D eigenvalue weighted by Crippen LogP contribution is 2.23. The van der Waals surface area contributed by atoms with Gasteiger partial charge in [0.1, 0.15) is 5.15 Å². The first-order chi connectivity index (χ1) is 5.11. The van der Waals surface area contributed by atoms with Gasteiger partial charge in [0.15, 0.2) is 0 Å². The largest absolute Gasteiger partial charge is 0.389 e. The molecule has 0 aliphatic carbocycles. The molecule has 0 bridgehead atoms. The van der Waals surface area contributed by atoms with E-state index in [2.05, 4.69) is 20.9 Å². The lowest BCUT2D eigenvalue weighted by molar-refractivity contribution is 0.199. The van der Waals surface area contributed by atoms with E-state index in [1.807, 2.05) is 0 Å². The third-order valence-electron chi connectivity index (χ3n) is 1.30. The van der Waals surface area contributed by atoms with Crippen LogP contribution in [0.25, 0.3) is 0 Å². The first-order valence-corrected chi connectivity index (χ1v) is 4.27. The molecule has 60 valence electrons. The Morgan fingerprint density at radius 2 is 2.36 bits per heavy atom. The number of pyridine rings is 1. The van der Waals surface area contributed by atoms with E-state index < -0.39 is 6.10 Å². The summed E-state index contributed by atoms with van der Waals surface area (Å²) in [6.45, 7) is 1.68. The van der Waals surface area contributed by atoms with Crippen molar-refractivity contribution in [2.45, 2.75) is 13.0 Å². The maximum Gasteiger partial charge on any atom is 0.143 e. The van der Waals surface area contributed by atoms with Crippen molar-refractivity contribution in [2.75, 3.05) is 0 Å². The lowest BCUT2D eigenvalue weighted by Gasteiger charge is -2.03. The number of hydrogen-bond donors (Lipinski definition) is 1. The smallest absolute Gasteiger partial charge is 0.143 e. The Balaban J connectivity index is 3.05. The average molecular weight is 236 g/mol. The molecule has 0 radical (unpaired) electrons. The molecule has 1 aromatic rings. The Kier molecular flexibility index (Phi) is 2.87. The number of aromatic nitrogens is 1. The molecular weight excluding hydrogens is 229 g/mol. The zero-order valence-electron chi connectivity index (χ0n) is 5.88. The van der Waals surface area contributed by atoms with Crippen molar-refractivity contribution in [3.63, 3.8) is 0 Å². The molecule has 0 saturated carbocycles. The van der Waals surface area contributed by atoms with Crippen molar-refractivity contribution >= 4 is 27.5 Å². The van der Waals surface area contributed by atoms with Crippen molar-refractivity contribution in [2.24, 2.45) is 0 Å². The molecule has 0 saturated heterocycles. The molecule has 11 heavy (non-hydrogen) atoms. The summed E-state index contributed by atoms with van der Waals surface area (Å²) in [4.78, 5) is 3.86. The van der Waals surface area contributed by atoms with Crippen LogP contribution in [0.5, 0.6) is 0 Å². The highest BCUT2D eigenvalue weighted by atomic mass is 79.9. The SMILES string of the molecule is CC(O)c1cnc(Cl)c(Br)c1. The van der Waals surface area contributed by atoms with Crippen molar-refractivity contribution in [1.82, 2.24) is 4.98 Å². The highest BCUT2D eigenvalue weighted by Gasteiger charge is 2.03. The fraction of sp³-hybridized carbons (Fsp3) is 0.286. The normalized spacial score (nSPS) is 13.1. The molecule has 0 amide bonds. The number of nitrogens with zero attached hydrogens (tertiary/aromatic N) is 1. The van der Waals surface area contributed by atoms with Gasteiger partial charge in [-0.05, 0) is 34.5 Å². The molecule has 0 fully saturated rings. The lowest BCUT2D eigenvalue weighted by atomic mass is 10.2. The van der Waals surface area contributed by atoms with Crippen LogP contribution in [0.3, 0.4) is 0 Å². The number of aliphatic hydroxyl groups is 1. The molecule has 1 unspecified atom stereocenters. The molecular formula is C7H7BrClNO. The number of halogens is 2.